The normalized spacial score (nSPS) is 14.3. The van der Waals surface area contributed by atoms with E-state index in [-0.39, 0.29) is 0 Å². The number of benzene rings is 1. The largest absolute Gasteiger partial charge is 0.309 e. The van der Waals surface area contributed by atoms with Crippen LogP contribution in [-0.4, -0.2) is 17.5 Å². The van der Waals surface area contributed by atoms with E-state index in [4.69, 9.17) is 0 Å². The third-order valence-corrected chi connectivity index (χ3v) is 5.28. The van der Waals surface area contributed by atoms with Crippen LogP contribution in [0.25, 0.3) is 0 Å². The van der Waals surface area contributed by atoms with Gasteiger partial charge in [0.05, 0.1) is 0 Å². The molecular weight excluding hydrogens is 262 g/mol. The molecule has 0 aromatic heterocycles. The van der Waals surface area contributed by atoms with Gasteiger partial charge in [0.25, 0.3) is 0 Å². The molecule has 1 nitrogen and oxygen atoms in total. The highest BCUT2D eigenvalue weighted by molar-refractivity contribution is 7.99. The molecule has 0 aliphatic rings. The van der Waals surface area contributed by atoms with E-state index in [2.05, 4.69) is 70.8 Å². The van der Waals surface area contributed by atoms with Crippen LogP contribution < -0.4 is 5.32 Å². The van der Waals surface area contributed by atoms with Gasteiger partial charge in [-0.3, -0.25) is 0 Å². The lowest BCUT2D eigenvalue weighted by Gasteiger charge is -2.24. The number of nitrogens with one attached hydrogen (secondary N) is 1. The fraction of sp³-hybridized carbons (Fsp3) is 0.667. The van der Waals surface area contributed by atoms with E-state index in [1.165, 1.54) is 40.8 Å². The first-order valence-corrected chi connectivity index (χ1v) is 8.97. The minimum Gasteiger partial charge on any atom is -0.309 e. The van der Waals surface area contributed by atoms with Gasteiger partial charge >= 0.3 is 0 Å². The molecule has 2 heteroatoms. The SMILES string of the molecule is CCCNC(CSC(C)CC)c1c(C)cc(C)cc1C. The molecule has 0 amide bonds. The van der Waals surface area contributed by atoms with Crippen LogP contribution in [0.1, 0.15) is 61.9 Å². The summed E-state index contributed by atoms with van der Waals surface area (Å²) in [5.41, 5.74) is 5.74. The molecule has 0 fully saturated rings. The predicted molar refractivity (Wildman–Crippen MR) is 93.9 cm³/mol. The Morgan fingerprint density at radius 3 is 2.20 bits per heavy atom. The zero-order valence-corrected chi connectivity index (χ0v) is 14.9. The fourth-order valence-corrected chi connectivity index (χ4v) is 3.72. The molecular formula is C18H31NS. The highest BCUT2D eigenvalue weighted by Crippen LogP contribution is 2.28. The van der Waals surface area contributed by atoms with Crippen LogP contribution in [0, 0.1) is 20.8 Å². The summed E-state index contributed by atoms with van der Waals surface area (Å²) in [7, 11) is 0. The van der Waals surface area contributed by atoms with Crippen LogP contribution in [0.4, 0.5) is 0 Å². The van der Waals surface area contributed by atoms with Crippen LogP contribution in [0.2, 0.25) is 0 Å². The summed E-state index contributed by atoms with van der Waals surface area (Å²) in [6, 6.07) is 5.11. The van der Waals surface area contributed by atoms with Crippen molar-refractivity contribution < 1.29 is 0 Å². The predicted octanol–water partition coefficient (Wildman–Crippen LogP) is 5.18. The fourth-order valence-electron chi connectivity index (χ4n) is 2.68. The van der Waals surface area contributed by atoms with Gasteiger partial charge in [-0.1, -0.05) is 38.5 Å². The quantitative estimate of drug-likeness (QED) is 0.708. The maximum atomic E-state index is 3.75. The van der Waals surface area contributed by atoms with Gasteiger partial charge < -0.3 is 5.32 Å². The molecule has 0 aliphatic carbocycles. The van der Waals surface area contributed by atoms with Crippen molar-refractivity contribution in [2.75, 3.05) is 12.3 Å². The molecule has 0 saturated heterocycles. The molecule has 0 heterocycles. The van der Waals surface area contributed by atoms with E-state index in [9.17, 15) is 0 Å². The zero-order chi connectivity index (χ0) is 15.1. The second-order valence-corrected chi connectivity index (χ2v) is 7.34. The smallest absolute Gasteiger partial charge is 0.0417 e. The average molecular weight is 294 g/mol. The van der Waals surface area contributed by atoms with Gasteiger partial charge in [0.15, 0.2) is 0 Å². The minimum absolute atomic E-state index is 0.481. The van der Waals surface area contributed by atoms with Crippen molar-refractivity contribution in [2.45, 2.75) is 65.7 Å². The second kappa shape index (κ2) is 8.74. The molecule has 1 aromatic carbocycles. The van der Waals surface area contributed by atoms with E-state index in [1.807, 2.05) is 0 Å². The Morgan fingerprint density at radius 2 is 1.70 bits per heavy atom. The number of thioether (sulfide) groups is 1. The summed E-state index contributed by atoms with van der Waals surface area (Å²) in [5.74, 6) is 1.17. The van der Waals surface area contributed by atoms with E-state index in [0.29, 0.717) is 6.04 Å². The van der Waals surface area contributed by atoms with Crippen molar-refractivity contribution in [3.8, 4) is 0 Å². The van der Waals surface area contributed by atoms with Gasteiger partial charge in [0.2, 0.25) is 0 Å². The lowest BCUT2D eigenvalue weighted by Crippen LogP contribution is -2.26. The Morgan fingerprint density at radius 1 is 1.10 bits per heavy atom. The Hall–Kier alpha value is -0.470. The van der Waals surface area contributed by atoms with Crippen molar-refractivity contribution in [2.24, 2.45) is 0 Å². The first-order chi connectivity index (χ1) is 9.49. The maximum absolute atomic E-state index is 3.75. The summed E-state index contributed by atoms with van der Waals surface area (Å²) < 4.78 is 0. The molecule has 0 radical (unpaired) electrons. The molecule has 2 unspecified atom stereocenters. The first kappa shape index (κ1) is 17.6. The first-order valence-electron chi connectivity index (χ1n) is 7.92. The van der Waals surface area contributed by atoms with Crippen molar-refractivity contribution in [3.05, 3.63) is 34.4 Å². The van der Waals surface area contributed by atoms with Crippen LogP contribution in [0.3, 0.4) is 0 Å². The van der Waals surface area contributed by atoms with Crippen molar-refractivity contribution in [1.82, 2.24) is 5.32 Å². The Labute approximate surface area is 129 Å². The molecule has 1 rings (SSSR count). The van der Waals surface area contributed by atoms with Crippen molar-refractivity contribution in [3.63, 3.8) is 0 Å². The van der Waals surface area contributed by atoms with E-state index < -0.39 is 0 Å². The standard InChI is InChI=1S/C18H31NS/c1-7-9-19-17(12-20-16(6)8-2)18-14(4)10-13(3)11-15(18)5/h10-11,16-17,19H,7-9,12H2,1-6H3. The number of rotatable bonds is 8. The topological polar surface area (TPSA) is 12.0 Å². The molecule has 0 aliphatic heterocycles. The summed E-state index contributed by atoms with van der Waals surface area (Å²) in [6.45, 7) is 14.6. The van der Waals surface area contributed by atoms with Gasteiger partial charge in [0, 0.05) is 17.0 Å². The number of hydrogen-bond acceptors (Lipinski definition) is 2. The highest BCUT2D eigenvalue weighted by atomic mass is 32.2. The monoisotopic (exact) mass is 293 g/mol. The minimum atomic E-state index is 0.481. The average Bonchev–Trinajstić information content (AvgIpc) is 2.39. The molecule has 0 bridgehead atoms. The van der Waals surface area contributed by atoms with Crippen LogP contribution in [0.15, 0.2) is 12.1 Å². The maximum Gasteiger partial charge on any atom is 0.0417 e. The molecule has 1 N–H and O–H groups in total. The van der Waals surface area contributed by atoms with Crippen LogP contribution in [-0.2, 0) is 0 Å². The third kappa shape index (κ3) is 5.14. The van der Waals surface area contributed by atoms with Gasteiger partial charge in [-0.05, 0) is 56.8 Å². The summed E-state index contributed by atoms with van der Waals surface area (Å²) in [5, 5.41) is 4.49. The second-order valence-electron chi connectivity index (χ2n) is 5.87. The Bertz CT molecular complexity index is 391. The Balaban J connectivity index is 2.92. The van der Waals surface area contributed by atoms with Crippen molar-refractivity contribution in [1.29, 1.82) is 0 Å². The lowest BCUT2D eigenvalue weighted by atomic mass is 9.95. The number of hydrogen-bond donors (Lipinski definition) is 1. The molecule has 20 heavy (non-hydrogen) atoms. The van der Waals surface area contributed by atoms with Crippen LogP contribution in [0.5, 0.6) is 0 Å². The molecule has 2 atom stereocenters. The Kier molecular flexibility index (Phi) is 7.68. The summed E-state index contributed by atoms with van der Waals surface area (Å²) >= 11 is 2.09. The summed E-state index contributed by atoms with van der Waals surface area (Å²) in [4.78, 5) is 0. The van der Waals surface area contributed by atoms with Gasteiger partial charge in [0.1, 0.15) is 0 Å². The molecule has 1 aromatic rings. The van der Waals surface area contributed by atoms with E-state index >= 15 is 0 Å². The molecule has 0 saturated carbocycles. The van der Waals surface area contributed by atoms with Gasteiger partial charge in [-0.2, -0.15) is 11.8 Å². The number of aryl methyl sites for hydroxylation is 3. The highest BCUT2D eigenvalue weighted by Gasteiger charge is 2.17. The van der Waals surface area contributed by atoms with Crippen molar-refractivity contribution >= 4 is 11.8 Å². The third-order valence-electron chi connectivity index (χ3n) is 3.85. The molecule has 0 spiro atoms. The molecule has 114 valence electrons. The zero-order valence-electron chi connectivity index (χ0n) is 14.0. The van der Waals surface area contributed by atoms with Gasteiger partial charge in [-0.15, -0.1) is 0 Å². The van der Waals surface area contributed by atoms with E-state index in [0.717, 1.165) is 11.8 Å². The van der Waals surface area contributed by atoms with E-state index in [1.54, 1.807) is 0 Å². The summed E-state index contributed by atoms with van der Waals surface area (Å²) in [6.07, 6.45) is 2.44. The van der Waals surface area contributed by atoms with Gasteiger partial charge in [-0.25, -0.2) is 0 Å². The lowest BCUT2D eigenvalue weighted by molar-refractivity contribution is 0.572. The van der Waals surface area contributed by atoms with Crippen LogP contribution >= 0.6 is 11.8 Å².